The third kappa shape index (κ3) is 11.9. The molecule has 14 heteroatoms. The summed E-state index contributed by atoms with van der Waals surface area (Å²) in [4.78, 5) is 81.1. The summed E-state index contributed by atoms with van der Waals surface area (Å²) in [6.45, 7) is 4.30. The van der Waals surface area contributed by atoms with Gasteiger partial charge in [-0.05, 0) is 72.5 Å². The van der Waals surface area contributed by atoms with Gasteiger partial charge in [0.1, 0.15) is 23.0 Å². The van der Waals surface area contributed by atoms with Crippen molar-refractivity contribution in [3.8, 4) is 23.0 Å². The molecule has 0 saturated heterocycles. The van der Waals surface area contributed by atoms with E-state index >= 15 is 0 Å². The summed E-state index contributed by atoms with van der Waals surface area (Å²) in [6.07, 6.45) is 1.08. The molecule has 5 rings (SSSR count). The van der Waals surface area contributed by atoms with Gasteiger partial charge in [0, 0.05) is 26.2 Å². The van der Waals surface area contributed by atoms with Gasteiger partial charge in [0.25, 0.3) is 0 Å². The molecule has 56 heavy (non-hydrogen) atoms. The van der Waals surface area contributed by atoms with Crippen LogP contribution in [0.4, 0.5) is 0 Å². The van der Waals surface area contributed by atoms with Gasteiger partial charge in [0.2, 0.25) is 11.8 Å². The zero-order chi connectivity index (χ0) is 38.5. The third-order valence-electron chi connectivity index (χ3n) is 9.15. The first-order chi connectivity index (χ1) is 26.3. The summed E-state index contributed by atoms with van der Waals surface area (Å²) in [5, 5.41) is 0. The molecule has 4 unspecified atom stereocenters. The van der Waals surface area contributed by atoms with Gasteiger partial charge in [0.15, 0.2) is 0 Å². The van der Waals surface area contributed by atoms with Gasteiger partial charge >= 0.3 is 84.0 Å². The number of carbonyl (C=O) groups excluding carboxylic acids is 6. The van der Waals surface area contributed by atoms with Gasteiger partial charge in [-0.15, -0.1) is 0 Å². The fourth-order valence-corrected chi connectivity index (χ4v) is 6.71. The number of esters is 2. The summed E-state index contributed by atoms with van der Waals surface area (Å²) in [7, 11) is 0. The minimum absolute atomic E-state index is 0. The van der Waals surface area contributed by atoms with Gasteiger partial charge in [0.05, 0.1) is 23.7 Å². The van der Waals surface area contributed by atoms with Crippen molar-refractivity contribution in [3.05, 3.63) is 120 Å². The Morgan fingerprint density at radius 3 is 1.12 bits per heavy atom. The van der Waals surface area contributed by atoms with Gasteiger partial charge in [-0.25, -0.2) is 0 Å². The molecule has 284 valence electrons. The van der Waals surface area contributed by atoms with Crippen LogP contribution in [-0.2, 0) is 51.3 Å². The molecule has 1 saturated carbocycles. The Hall–Kier alpha value is -4.30. The van der Waals surface area contributed by atoms with Crippen LogP contribution in [0.2, 0.25) is 0 Å². The Morgan fingerprint density at radius 2 is 0.821 bits per heavy atom. The number of nitrogens with zero attached hydrogens (tertiary/aromatic N) is 2. The molecule has 0 aromatic heterocycles. The van der Waals surface area contributed by atoms with E-state index in [9.17, 15) is 28.8 Å². The van der Waals surface area contributed by atoms with Gasteiger partial charge in [-0.3, -0.25) is 28.8 Å². The van der Waals surface area contributed by atoms with E-state index in [0.717, 1.165) is 11.1 Å². The van der Waals surface area contributed by atoms with Crippen LogP contribution in [0.15, 0.2) is 109 Å². The molecule has 1 aliphatic carbocycles. The zero-order valence-corrected chi connectivity index (χ0v) is 30.1. The number of benzene rings is 4. The normalized spacial score (nSPS) is 16.6. The van der Waals surface area contributed by atoms with Crippen LogP contribution in [0.5, 0.6) is 23.0 Å². The Balaban J connectivity index is 0.00000420. The number of para-hydroxylation sites is 2. The molecule has 1 aliphatic rings. The van der Waals surface area contributed by atoms with Crippen molar-refractivity contribution < 1.29 is 47.7 Å². The third-order valence-corrected chi connectivity index (χ3v) is 9.15. The van der Waals surface area contributed by atoms with E-state index in [2.05, 4.69) is 9.47 Å². The quantitative estimate of drug-likeness (QED) is 0.0584. The SMILES string of the molecule is CCCN(Cc1ccc(Oc2ccccc2)cc1)C(=O)C1C(C(=O)OC=O)C(C(=O)OC=O)C1C(=O)N(CCC)Cc1ccc(Oc2ccccc2)cc1.[NaH].[NaH]. The van der Waals surface area contributed by atoms with E-state index in [-0.39, 0.29) is 98.2 Å². The summed E-state index contributed by atoms with van der Waals surface area (Å²) >= 11 is 0. The average molecular weight is 783 g/mol. The van der Waals surface area contributed by atoms with Crippen LogP contribution in [0.3, 0.4) is 0 Å². The Labute approximate surface area is 370 Å². The first-order valence-electron chi connectivity index (χ1n) is 17.8. The first-order valence-corrected chi connectivity index (χ1v) is 17.8. The molecular formula is C42H44N2Na2O10. The number of amides is 2. The van der Waals surface area contributed by atoms with Crippen LogP contribution < -0.4 is 9.47 Å². The molecule has 4 aromatic rings. The summed E-state index contributed by atoms with van der Waals surface area (Å²) in [5.74, 6) is -6.88. The van der Waals surface area contributed by atoms with E-state index in [1.54, 1.807) is 48.5 Å². The number of hydrogen-bond donors (Lipinski definition) is 0. The molecule has 4 aromatic carbocycles. The summed E-state index contributed by atoms with van der Waals surface area (Å²) in [6, 6.07) is 32.8. The van der Waals surface area contributed by atoms with Crippen LogP contribution in [0, 0.1) is 23.7 Å². The Kier molecular flexibility index (Phi) is 19.0. The molecule has 0 radical (unpaired) electrons. The van der Waals surface area contributed by atoms with Gasteiger partial charge in [-0.1, -0.05) is 74.5 Å². The van der Waals surface area contributed by atoms with E-state index in [1.165, 1.54) is 9.80 Å². The molecule has 4 atom stereocenters. The average Bonchev–Trinajstić information content (AvgIpc) is 3.16. The number of hydrogen-bond acceptors (Lipinski definition) is 10. The van der Waals surface area contributed by atoms with E-state index in [0.29, 0.717) is 35.8 Å². The van der Waals surface area contributed by atoms with Crippen LogP contribution in [0.1, 0.15) is 37.8 Å². The predicted octanol–water partition coefficient (Wildman–Crippen LogP) is 5.03. The fourth-order valence-electron chi connectivity index (χ4n) is 6.71. The van der Waals surface area contributed by atoms with Crippen molar-refractivity contribution in [2.24, 2.45) is 23.7 Å². The maximum atomic E-state index is 14.5. The van der Waals surface area contributed by atoms with Crippen LogP contribution in [0.25, 0.3) is 0 Å². The van der Waals surface area contributed by atoms with Gasteiger partial charge in [-0.2, -0.15) is 0 Å². The number of ether oxygens (including phenoxy) is 4. The molecule has 12 nitrogen and oxygen atoms in total. The molecule has 0 N–H and O–H groups in total. The molecule has 0 heterocycles. The van der Waals surface area contributed by atoms with Crippen molar-refractivity contribution in [2.45, 2.75) is 39.8 Å². The van der Waals surface area contributed by atoms with Crippen molar-refractivity contribution in [2.75, 3.05) is 13.1 Å². The molecule has 2 amide bonds. The summed E-state index contributed by atoms with van der Waals surface area (Å²) in [5.41, 5.74) is 1.49. The summed E-state index contributed by atoms with van der Waals surface area (Å²) < 4.78 is 21.1. The fraction of sp³-hybridized carbons (Fsp3) is 0.286. The van der Waals surface area contributed by atoms with E-state index in [4.69, 9.17) is 9.47 Å². The van der Waals surface area contributed by atoms with E-state index in [1.807, 2.05) is 74.5 Å². The van der Waals surface area contributed by atoms with Crippen molar-refractivity contribution in [1.29, 1.82) is 0 Å². The predicted molar refractivity (Wildman–Crippen MR) is 210 cm³/mol. The second-order valence-corrected chi connectivity index (χ2v) is 12.8. The molecule has 0 spiro atoms. The second kappa shape index (κ2) is 23.1. The molecule has 0 bridgehead atoms. The zero-order valence-electron chi connectivity index (χ0n) is 30.1. The van der Waals surface area contributed by atoms with E-state index < -0.39 is 47.4 Å². The van der Waals surface area contributed by atoms with Crippen molar-refractivity contribution in [3.63, 3.8) is 0 Å². The van der Waals surface area contributed by atoms with Crippen LogP contribution in [-0.4, -0.2) is 119 Å². The minimum atomic E-state index is -1.55. The standard InChI is InChI=1S/C42H42N2O10.2Na.2H/c1-3-23-43(25-29-15-19-33(20-16-29)53-31-11-7-5-8-12-31)39(47)35-36(38(42(50)52-28-46)37(35)41(49)51-27-45)40(48)44(24-4-2)26-30-17-21-34(22-18-30)54-32-13-9-6-10-14-32;;;;/h5-22,27-28,35-38H,3-4,23-26H2,1-2H3;;;;. The monoisotopic (exact) mass is 782 g/mol. The van der Waals surface area contributed by atoms with Crippen molar-refractivity contribution in [1.82, 2.24) is 9.80 Å². The van der Waals surface area contributed by atoms with Gasteiger partial charge < -0.3 is 28.7 Å². The Bertz CT molecular complexity index is 1760. The number of carbonyl (C=O) groups is 6. The Morgan fingerprint density at radius 1 is 0.500 bits per heavy atom. The topological polar surface area (TPSA) is 146 Å². The molecule has 0 aliphatic heterocycles. The number of rotatable bonds is 18. The first kappa shape index (κ1) is 46.1. The maximum absolute atomic E-state index is 14.5. The second-order valence-electron chi connectivity index (χ2n) is 12.8. The molecule has 1 fully saturated rings. The van der Waals surface area contributed by atoms with Crippen LogP contribution >= 0.6 is 0 Å². The molecular weight excluding hydrogens is 738 g/mol. The van der Waals surface area contributed by atoms with Crippen molar-refractivity contribution >= 4 is 95.8 Å².